The summed E-state index contributed by atoms with van der Waals surface area (Å²) in [7, 11) is 1.86. The Kier molecular flexibility index (Phi) is 5.97. The third kappa shape index (κ3) is 4.79. The summed E-state index contributed by atoms with van der Waals surface area (Å²) in [5, 5.41) is 0. The molecule has 5 nitrogen and oxygen atoms in total. The zero-order chi connectivity index (χ0) is 17.7. The predicted octanol–water partition coefficient (Wildman–Crippen LogP) is 2.37. The Morgan fingerprint density at radius 3 is 2.58 bits per heavy atom. The molecule has 0 bridgehead atoms. The van der Waals surface area contributed by atoms with Crippen LogP contribution in [0.4, 0.5) is 0 Å². The summed E-state index contributed by atoms with van der Waals surface area (Å²) < 4.78 is 0. The molecule has 0 aliphatic carbocycles. The first-order chi connectivity index (χ1) is 11.3. The van der Waals surface area contributed by atoms with Crippen LogP contribution < -0.4 is 0 Å². The Morgan fingerprint density at radius 1 is 1.29 bits per heavy atom. The molecule has 1 fully saturated rings. The van der Waals surface area contributed by atoms with Crippen LogP contribution in [0.2, 0.25) is 0 Å². The van der Waals surface area contributed by atoms with E-state index in [9.17, 15) is 9.59 Å². The van der Waals surface area contributed by atoms with Gasteiger partial charge in [0.15, 0.2) is 0 Å². The normalized spacial score (nSPS) is 18.3. The molecule has 24 heavy (non-hydrogen) atoms. The molecule has 132 valence electrons. The highest BCUT2D eigenvalue weighted by Gasteiger charge is 2.34. The van der Waals surface area contributed by atoms with Crippen molar-refractivity contribution in [1.82, 2.24) is 14.8 Å². The van der Waals surface area contributed by atoms with Gasteiger partial charge in [-0.05, 0) is 37.0 Å². The fourth-order valence-electron chi connectivity index (χ4n) is 3.11. The van der Waals surface area contributed by atoms with E-state index in [0.29, 0.717) is 13.1 Å². The smallest absolute Gasteiger partial charge is 0.227 e. The number of piperidine rings is 1. The van der Waals surface area contributed by atoms with E-state index in [1.807, 2.05) is 44.9 Å². The Labute approximate surface area is 145 Å². The molecule has 1 aliphatic rings. The van der Waals surface area contributed by atoms with Gasteiger partial charge in [-0.2, -0.15) is 0 Å². The number of carbonyl (C=O) groups is 2. The number of carbonyl (C=O) groups excluding carboxylic acids is 2. The Hall–Kier alpha value is -1.91. The van der Waals surface area contributed by atoms with Crippen LogP contribution in [-0.4, -0.2) is 53.3 Å². The van der Waals surface area contributed by atoms with E-state index < -0.39 is 5.41 Å². The van der Waals surface area contributed by atoms with Crippen molar-refractivity contribution in [3.8, 4) is 0 Å². The number of hydrogen-bond donors (Lipinski definition) is 0. The third-order valence-electron chi connectivity index (χ3n) is 4.56. The number of nitrogens with zero attached hydrogens (tertiary/aromatic N) is 3. The minimum Gasteiger partial charge on any atom is -0.345 e. The van der Waals surface area contributed by atoms with Gasteiger partial charge in [-0.25, -0.2) is 0 Å². The molecule has 0 radical (unpaired) electrons. The molecule has 1 aromatic heterocycles. The molecule has 1 atom stereocenters. The molecule has 0 saturated carbocycles. The van der Waals surface area contributed by atoms with Crippen molar-refractivity contribution in [1.29, 1.82) is 0 Å². The van der Waals surface area contributed by atoms with Gasteiger partial charge in [0.1, 0.15) is 0 Å². The number of pyridine rings is 1. The van der Waals surface area contributed by atoms with E-state index >= 15 is 0 Å². The topological polar surface area (TPSA) is 53.5 Å². The zero-order valence-electron chi connectivity index (χ0n) is 15.3. The van der Waals surface area contributed by atoms with Crippen molar-refractivity contribution < 1.29 is 9.59 Å². The Balaban J connectivity index is 1.90. The second-order valence-electron chi connectivity index (χ2n) is 7.71. The van der Waals surface area contributed by atoms with E-state index in [1.54, 1.807) is 17.3 Å². The van der Waals surface area contributed by atoms with Crippen molar-refractivity contribution >= 4 is 11.8 Å². The van der Waals surface area contributed by atoms with Crippen molar-refractivity contribution in [3.05, 3.63) is 30.1 Å². The van der Waals surface area contributed by atoms with Gasteiger partial charge in [0.05, 0.1) is 5.92 Å². The molecule has 1 aromatic rings. The molecule has 2 amide bonds. The van der Waals surface area contributed by atoms with Crippen LogP contribution in [0.1, 0.15) is 39.2 Å². The van der Waals surface area contributed by atoms with Gasteiger partial charge in [0.25, 0.3) is 0 Å². The van der Waals surface area contributed by atoms with Crippen molar-refractivity contribution in [2.45, 2.75) is 40.0 Å². The minimum atomic E-state index is -0.391. The first-order valence-electron chi connectivity index (χ1n) is 8.72. The second kappa shape index (κ2) is 7.77. The monoisotopic (exact) mass is 331 g/mol. The fraction of sp³-hybridized carbons (Fsp3) is 0.632. The van der Waals surface area contributed by atoms with Gasteiger partial charge < -0.3 is 9.80 Å². The first kappa shape index (κ1) is 18.4. The number of aromatic nitrogens is 1. The van der Waals surface area contributed by atoms with Crippen molar-refractivity contribution in [3.63, 3.8) is 0 Å². The first-order valence-corrected chi connectivity index (χ1v) is 8.72. The summed E-state index contributed by atoms with van der Waals surface area (Å²) in [6.07, 6.45) is 6.13. The molecule has 2 rings (SSSR count). The zero-order valence-corrected chi connectivity index (χ0v) is 15.3. The Morgan fingerprint density at radius 2 is 1.96 bits per heavy atom. The van der Waals surface area contributed by atoms with Gasteiger partial charge in [0.2, 0.25) is 11.8 Å². The predicted molar refractivity (Wildman–Crippen MR) is 94.3 cm³/mol. The van der Waals surface area contributed by atoms with Gasteiger partial charge in [-0.3, -0.25) is 14.6 Å². The number of likely N-dealkylation sites (N-methyl/N-ethyl adjacent to an activating group) is 1. The molecule has 0 unspecified atom stereocenters. The summed E-state index contributed by atoms with van der Waals surface area (Å²) in [6.45, 7) is 7.80. The molecule has 1 saturated heterocycles. The number of likely N-dealkylation sites (tertiary alicyclic amines) is 1. The summed E-state index contributed by atoms with van der Waals surface area (Å²) in [5.41, 5.74) is 0.788. The van der Waals surface area contributed by atoms with Gasteiger partial charge >= 0.3 is 0 Å². The standard InChI is InChI=1S/C19H29N3O2/c1-19(2,3)18(24)22-12-5-6-16(14-22)17(23)21(4)13-9-15-7-10-20-11-8-15/h7-8,10-11,16H,5-6,9,12-14H2,1-4H3/t16-/m0/s1. The summed E-state index contributed by atoms with van der Waals surface area (Å²) in [4.78, 5) is 32.8. The maximum Gasteiger partial charge on any atom is 0.227 e. The van der Waals surface area contributed by atoms with E-state index in [1.165, 1.54) is 5.56 Å². The highest BCUT2D eigenvalue weighted by atomic mass is 16.2. The fourth-order valence-corrected chi connectivity index (χ4v) is 3.11. The lowest BCUT2D eigenvalue weighted by molar-refractivity contribution is -0.144. The molecule has 0 aromatic carbocycles. The molecule has 5 heteroatoms. The largest absolute Gasteiger partial charge is 0.345 e. The maximum atomic E-state index is 12.7. The van der Waals surface area contributed by atoms with Crippen molar-refractivity contribution in [2.75, 3.05) is 26.7 Å². The molecule has 0 N–H and O–H groups in total. The summed E-state index contributed by atoms with van der Waals surface area (Å²) in [5.74, 6) is 0.211. The van der Waals surface area contributed by atoms with E-state index in [-0.39, 0.29) is 17.7 Å². The van der Waals surface area contributed by atoms with Gasteiger partial charge in [-0.1, -0.05) is 20.8 Å². The molecule has 2 heterocycles. The van der Waals surface area contributed by atoms with E-state index in [4.69, 9.17) is 0 Å². The van der Waals surface area contributed by atoms with Gasteiger partial charge in [0, 0.05) is 44.5 Å². The Bertz CT molecular complexity index is 566. The molecule has 0 spiro atoms. The minimum absolute atomic E-state index is 0.0764. The number of hydrogen-bond acceptors (Lipinski definition) is 3. The lowest BCUT2D eigenvalue weighted by Gasteiger charge is -2.37. The SMILES string of the molecule is CN(CCc1ccncc1)C(=O)[C@H]1CCCN(C(=O)C(C)(C)C)C1. The average Bonchev–Trinajstić information content (AvgIpc) is 2.58. The van der Waals surface area contributed by atoms with Crippen LogP contribution in [0.3, 0.4) is 0 Å². The molecular weight excluding hydrogens is 302 g/mol. The van der Waals surface area contributed by atoms with Crippen LogP contribution >= 0.6 is 0 Å². The highest BCUT2D eigenvalue weighted by Crippen LogP contribution is 2.24. The van der Waals surface area contributed by atoms with Crippen LogP contribution in [0.5, 0.6) is 0 Å². The van der Waals surface area contributed by atoms with Crippen LogP contribution in [0.25, 0.3) is 0 Å². The summed E-state index contributed by atoms with van der Waals surface area (Å²) >= 11 is 0. The maximum absolute atomic E-state index is 12.7. The van der Waals surface area contributed by atoms with E-state index in [2.05, 4.69) is 4.98 Å². The van der Waals surface area contributed by atoms with Crippen LogP contribution in [0.15, 0.2) is 24.5 Å². The van der Waals surface area contributed by atoms with Gasteiger partial charge in [-0.15, -0.1) is 0 Å². The molecular formula is C19H29N3O2. The summed E-state index contributed by atoms with van der Waals surface area (Å²) in [6, 6.07) is 3.95. The number of amides is 2. The highest BCUT2D eigenvalue weighted by molar-refractivity contribution is 5.83. The second-order valence-corrected chi connectivity index (χ2v) is 7.71. The quantitative estimate of drug-likeness (QED) is 0.851. The lowest BCUT2D eigenvalue weighted by Crippen LogP contribution is -2.49. The third-order valence-corrected chi connectivity index (χ3v) is 4.56. The average molecular weight is 331 g/mol. The van der Waals surface area contributed by atoms with Crippen LogP contribution in [0, 0.1) is 11.3 Å². The van der Waals surface area contributed by atoms with Crippen molar-refractivity contribution in [2.24, 2.45) is 11.3 Å². The van der Waals surface area contributed by atoms with E-state index in [0.717, 1.165) is 25.8 Å². The lowest BCUT2D eigenvalue weighted by atomic mass is 9.90. The van der Waals surface area contributed by atoms with Crippen LogP contribution in [-0.2, 0) is 16.0 Å². The molecule has 1 aliphatic heterocycles. The number of rotatable bonds is 4.